The van der Waals surface area contributed by atoms with Crippen LogP contribution in [-0.4, -0.2) is 62.1 Å². The Bertz CT molecular complexity index is 1700. The fourth-order valence-electron chi connectivity index (χ4n) is 5.52. The summed E-state index contributed by atoms with van der Waals surface area (Å²) in [4.78, 5) is 26.5. The molecular weight excluding hydrogens is 685 g/mol. The maximum Gasteiger partial charge on any atom is 0.573 e. The normalized spacial score (nSPS) is 15.3. The number of aliphatic hydroxyl groups is 1. The number of hydrogen-bond acceptors (Lipinski definition) is 9. The highest BCUT2D eigenvalue weighted by molar-refractivity contribution is 7.97. The lowest BCUT2D eigenvalue weighted by Crippen LogP contribution is -2.38. The molecule has 0 saturated heterocycles. The van der Waals surface area contributed by atoms with Gasteiger partial charge in [-0.15, -0.1) is 13.2 Å². The predicted octanol–water partition coefficient (Wildman–Crippen LogP) is 7.03. The second-order valence-electron chi connectivity index (χ2n) is 11.6. The number of carbonyl (C=O) groups excluding carboxylic acids is 2. The summed E-state index contributed by atoms with van der Waals surface area (Å²) in [6.45, 7) is 3.72. The summed E-state index contributed by atoms with van der Waals surface area (Å²) in [6.07, 6.45) is -1.87. The number of amides is 2. The van der Waals surface area contributed by atoms with Crippen molar-refractivity contribution in [3.63, 3.8) is 0 Å². The van der Waals surface area contributed by atoms with E-state index in [0.717, 1.165) is 18.4 Å². The van der Waals surface area contributed by atoms with E-state index in [9.17, 15) is 22.8 Å². The molecule has 264 valence electrons. The van der Waals surface area contributed by atoms with Crippen LogP contribution in [0.25, 0.3) is 0 Å². The zero-order valence-electron chi connectivity index (χ0n) is 27.5. The quantitative estimate of drug-likeness (QED) is 0.123. The van der Waals surface area contributed by atoms with E-state index < -0.39 is 30.2 Å². The third-order valence-corrected chi connectivity index (χ3v) is 8.82. The molecule has 15 heteroatoms. The molecule has 0 radical (unpaired) electrons. The van der Waals surface area contributed by atoms with Crippen molar-refractivity contribution < 1.29 is 42.1 Å². The van der Waals surface area contributed by atoms with Crippen molar-refractivity contribution in [3.05, 3.63) is 76.3 Å². The van der Waals surface area contributed by atoms with Crippen LogP contribution >= 0.6 is 23.5 Å². The van der Waals surface area contributed by atoms with Crippen molar-refractivity contribution in [2.24, 2.45) is 0 Å². The Kier molecular flexibility index (Phi) is 12.0. The molecule has 49 heavy (non-hydrogen) atoms. The number of benzene rings is 3. The number of carbonyl (C=O) groups is 2. The maximum atomic E-state index is 14.4. The van der Waals surface area contributed by atoms with Gasteiger partial charge in [0.05, 0.1) is 19.9 Å². The number of aliphatic hydroxyl groups excluding tert-OH is 1. The number of alkyl halides is 3. The first-order chi connectivity index (χ1) is 23.1. The van der Waals surface area contributed by atoms with Gasteiger partial charge in [0.15, 0.2) is 0 Å². The lowest BCUT2D eigenvalue weighted by Gasteiger charge is -2.28. The van der Waals surface area contributed by atoms with Crippen LogP contribution in [0.15, 0.2) is 54.6 Å². The zero-order chi connectivity index (χ0) is 36.1. The van der Waals surface area contributed by atoms with Gasteiger partial charge in [0, 0.05) is 57.9 Å². The molecule has 1 spiro atoms. The van der Waals surface area contributed by atoms with Crippen LogP contribution in [0.2, 0.25) is 5.02 Å². The molecule has 5 rings (SSSR count). The number of rotatable bonds is 11. The molecular formula is C34H38ClF3N4O6S. The van der Waals surface area contributed by atoms with Crippen LogP contribution in [0.4, 0.5) is 24.5 Å². The van der Waals surface area contributed by atoms with Crippen molar-refractivity contribution >= 4 is 52.4 Å². The van der Waals surface area contributed by atoms with Crippen molar-refractivity contribution in [2.75, 3.05) is 37.2 Å². The summed E-state index contributed by atoms with van der Waals surface area (Å²) in [5, 5.41) is 20.6. The lowest BCUT2D eigenvalue weighted by atomic mass is 9.99. The van der Waals surface area contributed by atoms with Gasteiger partial charge in [0.1, 0.15) is 29.4 Å². The minimum atomic E-state index is -4.86. The first-order valence-electron chi connectivity index (χ1n) is 15.2. The van der Waals surface area contributed by atoms with E-state index in [4.69, 9.17) is 31.6 Å². The standard InChI is InChI=1S/C29H27ClF3N3O4.C5H11NO2S/c1-16(34)17-10-19(13-21(11-17)38-2)35-26(22-6-4-18(30)12-25(22)39-3)27(37)36-15-28(8-9-28)23-7-5-20(14-24(23)36)40-29(31,32)33;1-3-4(7)5(8)6-9-2/h4-7,10-14,26,34-35H,8-9,15H2,1-3H3;4,7H,3H2,1-2H3,(H,6,8). The highest BCUT2D eigenvalue weighted by Crippen LogP contribution is 2.57. The predicted molar refractivity (Wildman–Crippen MR) is 184 cm³/mol. The number of fused-ring (bicyclic) bond motifs is 2. The number of anilines is 2. The SMILES string of the molecule is CCC(O)C(=O)NSC.COc1cc(NC(C(=O)N2CC3(CC3)c3ccc(OC(F)(F)F)cc32)c2ccc(Cl)cc2OC)cc(C(C)=N)c1. The van der Waals surface area contributed by atoms with E-state index in [1.165, 1.54) is 43.2 Å². The van der Waals surface area contributed by atoms with Crippen molar-refractivity contribution in [1.82, 2.24) is 4.72 Å². The number of ether oxygens (including phenoxy) is 3. The third kappa shape index (κ3) is 9.11. The van der Waals surface area contributed by atoms with Gasteiger partial charge in [-0.05, 0) is 62.1 Å². The number of hydrogen-bond donors (Lipinski definition) is 4. The summed E-state index contributed by atoms with van der Waals surface area (Å²) >= 11 is 7.40. The van der Waals surface area contributed by atoms with E-state index in [1.54, 1.807) is 62.6 Å². The number of nitrogens with zero attached hydrogens (tertiary/aromatic N) is 1. The summed E-state index contributed by atoms with van der Waals surface area (Å²) < 4.78 is 56.6. The number of nitrogens with one attached hydrogen (secondary N) is 3. The van der Waals surface area contributed by atoms with Crippen molar-refractivity contribution in [1.29, 1.82) is 5.41 Å². The average Bonchev–Trinajstić information content (AvgIpc) is 3.78. The van der Waals surface area contributed by atoms with Gasteiger partial charge in [0.25, 0.3) is 11.8 Å². The van der Waals surface area contributed by atoms with Gasteiger partial charge < -0.3 is 34.9 Å². The van der Waals surface area contributed by atoms with Gasteiger partial charge in [-0.3, -0.25) is 14.3 Å². The van der Waals surface area contributed by atoms with Gasteiger partial charge in [-0.25, -0.2) is 0 Å². The van der Waals surface area contributed by atoms with Crippen molar-refractivity contribution in [3.8, 4) is 17.2 Å². The smallest absolute Gasteiger partial charge is 0.497 e. The van der Waals surface area contributed by atoms with E-state index in [1.807, 2.05) is 0 Å². The molecule has 1 saturated carbocycles. The highest BCUT2D eigenvalue weighted by atomic mass is 35.5. The summed E-state index contributed by atoms with van der Waals surface area (Å²) in [5.74, 6) is -0.261. The Labute approximate surface area is 291 Å². The average molecular weight is 723 g/mol. The van der Waals surface area contributed by atoms with E-state index in [-0.39, 0.29) is 11.3 Å². The summed E-state index contributed by atoms with van der Waals surface area (Å²) in [6, 6.07) is 13.2. The minimum absolute atomic E-state index is 0.295. The van der Waals surface area contributed by atoms with Crippen LogP contribution in [0.3, 0.4) is 0 Å². The Morgan fingerprint density at radius 3 is 2.37 bits per heavy atom. The third-order valence-electron chi connectivity index (χ3n) is 8.18. The Balaban J connectivity index is 0.000000529. The van der Waals surface area contributed by atoms with Gasteiger partial charge in [-0.1, -0.05) is 42.6 Å². The van der Waals surface area contributed by atoms with E-state index in [2.05, 4.69) is 14.8 Å². The second kappa shape index (κ2) is 15.6. The van der Waals surface area contributed by atoms with Gasteiger partial charge in [-0.2, -0.15) is 0 Å². The number of methoxy groups -OCH3 is 2. The van der Waals surface area contributed by atoms with E-state index in [0.29, 0.717) is 57.7 Å². The number of halogens is 4. The van der Waals surface area contributed by atoms with Crippen LogP contribution in [0.1, 0.15) is 55.8 Å². The molecule has 3 aromatic rings. The molecule has 1 aliphatic heterocycles. The molecule has 3 aromatic carbocycles. The molecule has 2 atom stereocenters. The lowest BCUT2D eigenvalue weighted by molar-refractivity contribution is -0.274. The summed E-state index contributed by atoms with van der Waals surface area (Å²) in [7, 11) is 2.97. The van der Waals surface area contributed by atoms with Crippen molar-refractivity contribution in [2.45, 2.75) is 57.0 Å². The molecule has 1 heterocycles. The van der Waals surface area contributed by atoms with Crippen LogP contribution in [0, 0.1) is 5.41 Å². The fourth-order valence-corrected chi connectivity index (χ4v) is 6.02. The second-order valence-corrected chi connectivity index (χ2v) is 12.6. The largest absolute Gasteiger partial charge is 0.573 e. The molecule has 2 aliphatic rings. The van der Waals surface area contributed by atoms with Gasteiger partial charge >= 0.3 is 6.36 Å². The Hall–Kier alpha value is -4.14. The molecule has 10 nitrogen and oxygen atoms in total. The summed E-state index contributed by atoms with van der Waals surface area (Å²) in [5.41, 5.74) is 2.78. The zero-order valence-corrected chi connectivity index (χ0v) is 29.1. The fraction of sp³-hybridized carbons (Fsp3) is 0.382. The molecule has 0 aromatic heterocycles. The molecule has 2 amide bonds. The molecule has 1 aliphatic carbocycles. The molecule has 2 unspecified atom stereocenters. The topological polar surface area (TPSA) is 133 Å². The van der Waals surface area contributed by atoms with Crippen LogP contribution in [0.5, 0.6) is 17.2 Å². The molecule has 0 bridgehead atoms. The van der Waals surface area contributed by atoms with Gasteiger partial charge in [0.2, 0.25) is 0 Å². The Morgan fingerprint density at radius 1 is 1.08 bits per heavy atom. The monoisotopic (exact) mass is 722 g/mol. The highest BCUT2D eigenvalue weighted by Gasteiger charge is 2.54. The molecule has 1 fully saturated rings. The Morgan fingerprint density at radius 2 is 1.80 bits per heavy atom. The maximum absolute atomic E-state index is 14.4. The first-order valence-corrected chi connectivity index (χ1v) is 16.8. The van der Waals surface area contributed by atoms with E-state index >= 15 is 0 Å². The van der Waals surface area contributed by atoms with Crippen LogP contribution < -0.4 is 29.1 Å². The van der Waals surface area contributed by atoms with Crippen LogP contribution in [-0.2, 0) is 15.0 Å². The minimum Gasteiger partial charge on any atom is -0.497 e. The molecule has 4 N–H and O–H groups in total. The first kappa shape index (κ1) is 37.7.